The van der Waals surface area contributed by atoms with Gasteiger partial charge in [-0.05, 0) is 86.0 Å². The summed E-state index contributed by atoms with van der Waals surface area (Å²) in [5.41, 5.74) is -0.286. The summed E-state index contributed by atoms with van der Waals surface area (Å²) in [6, 6.07) is 10.2. The number of aliphatic hydroxyl groups is 5. The number of hydrogen-bond acceptors (Lipinski definition) is 16. The lowest BCUT2D eigenvalue weighted by Crippen LogP contribution is -2.62. The molecule has 17 heteroatoms. The Morgan fingerprint density at radius 2 is 1.88 bits per heavy atom. The van der Waals surface area contributed by atoms with Gasteiger partial charge >= 0.3 is 0 Å². The van der Waals surface area contributed by atoms with Crippen molar-refractivity contribution in [1.82, 2.24) is 10.6 Å². The van der Waals surface area contributed by atoms with Crippen LogP contribution in [0.15, 0.2) is 92.4 Å². The Morgan fingerprint density at radius 3 is 2.62 bits per heavy atom. The number of phenolic OH excluding ortho intramolecular Hbond substituents is 2. The summed E-state index contributed by atoms with van der Waals surface area (Å²) >= 11 is 0. The van der Waals surface area contributed by atoms with Gasteiger partial charge in [-0.1, -0.05) is 25.1 Å². The number of allylic oxidation sites excluding steroid dienone is 2. The van der Waals surface area contributed by atoms with E-state index in [0.29, 0.717) is 82.4 Å². The summed E-state index contributed by atoms with van der Waals surface area (Å²) in [5, 5.41) is 83.5. The van der Waals surface area contributed by atoms with E-state index in [1.165, 1.54) is 36.4 Å². The molecule has 0 saturated carbocycles. The molecule has 1 unspecified atom stereocenters. The first-order chi connectivity index (χ1) is 31.7. The fourth-order valence-electron chi connectivity index (χ4n) is 10.6. The van der Waals surface area contributed by atoms with E-state index in [-0.39, 0.29) is 53.1 Å². The minimum Gasteiger partial charge on any atom is -0.508 e. The number of benzene rings is 3. The minimum atomic E-state index is -2.44. The third kappa shape index (κ3) is 7.96. The maximum absolute atomic E-state index is 13.9. The molecule has 1 aliphatic carbocycles. The van der Waals surface area contributed by atoms with Gasteiger partial charge in [-0.2, -0.15) is 0 Å². The van der Waals surface area contributed by atoms with Gasteiger partial charge in [-0.3, -0.25) is 14.6 Å². The van der Waals surface area contributed by atoms with Crippen molar-refractivity contribution in [1.29, 1.82) is 0 Å². The number of rotatable bonds is 15. The molecule has 17 nitrogen and oxygen atoms in total. The van der Waals surface area contributed by atoms with Crippen LogP contribution in [0.1, 0.15) is 43.1 Å². The first kappa shape index (κ1) is 45.5. The van der Waals surface area contributed by atoms with Gasteiger partial charge in [0.15, 0.2) is 16.8 Å². The van der Waals surface area contributed by atoms with E-state index in [0.717, 1.165) is 11.3 Å². The summed E-state index contributed by atoms with van der Waals surface area (Å²) in [5.74, 6) is -0.0140. The Morgan fingerprint density at radius 1 is 1.06 bits per heavy atom. The van der Waals surface area contributed by atoms with E-state index in [4.69, 9.17) is 18.9 Å². The first-order valence-corrected chi connectivity index (χ1v) is 22.4. The Balaban J connectivity index is 1.15. The van der Waals surface area contributed by atoms with E-state index in [1.54, 1.807) is 19.2 Å². The van der Waals surface area contributed by atoms with Crippen LogP contribution in [0.25, 0.3) is 21.7 Å². The lowest BCUT2D eigenvalue weighted by atomic mass is 9.66. The maximum Gasteiger partial charge on any atom is 0.220 e. The lowest BCUT2D eigenvalue weighted by molar-refractivity contribution is -0.376. The number of carbonyl (C=O) groups is 1. The predicted molar refractivity (Wildman–Crippen MR) is 243 cm³/mol. The number of amides is 1. The summed E-state index contributed by atoms with van der Waals surface area (Å²) in [6.45, 7) is 2.94. The third-order valence-corrected chi connectivity index (χ3v) is 14.1. The monoisotopic (exact) mass is 908 g/mol. The van der Waals surface area contributed by atoms with Crippen molar-refractivity contribution < 1.29 is 59.5 Å². The van der Waals surface area contributed by atoms with Crippen molar-refractivity contribution in [3.63, 3.8) is 0 Å². The van der Waals surface area contributed by atoms with Crippen molar-refractivity contribution in [2.75, 3.05) is 38.3 Å². The van der Waals surface area contributed by atoms with E-state index in [2.05, 4.69) is 39.6 Å². The van der Waals surface area contributed by atoms with Crippen LogP contribution in [-0.4, -0.2) is 123 Å². The Hall–Kier alpha value is -5.63. The molecule has 350 valence electrons. The van der Waals surface area contributed by atoms with E-state index >= 15 is 0 Å². The molecule has 1 amide bonds. The molecule has 5 heterocycles. The zero-order valence-electron chi connectivity index (χ0n) is 36.9. The average molecular weight is 909 g/mol. The van der Waals surface area contributed by atoms with Gasteiger partial charge in [0.25, 0.3) is 0 Å². The van der Waals surface area contributed by atoms with Gasteiger partial charge < -0.3 is 60.4 Å². The average Bonchev–Trinajstić information content (AvgIpc) is 4.04. The van der Waals surface area contributed by atoms with Crippen molar-refractivity contribution in [2.24, 2.45) is 22.7 Å². The molecule has 1 spiro atoms. The Bertz CT molecular complexity index is 2730. The summed E-state index contributed by atoms with van der Waals surface area (Å²) in [7, 11) is 1.82. The van der Waals surface area contributed by atoms with Crippen LogP contribution in [0.2, 0.25) is 0 Å². The molecule has 9 rings (SSSR count). The molecular weight excluding hydrogens is 853 g/mol. The van der Waals surface area contributed by atoms with E-state index in [1.807, 2.05) is 19.3 Å². The standard InChI is InChI=1S/C49H56N4O13/c1-4-37-33-11-12-51-36(33)22-53(37)43-45-28(14-35-39(57)13-25(2)64-46(35)43)15-41(49(65-45)19-26(5-7-30(49)21-50-3)29-16-42(59)52-20-29)66-63-24-48(62,47(61)44(60)40(58)23-54)18-27-6-10-38(56)32-9-8-31(55)17-34(27)32/h5-14,17,22,26,29-30,37,40-41,44,47,50,54-56,58,60-62H,4,15-16,18-21,23-24H2,1-3H3,(H,52,59)/t26-,29-,30+,37?,40+,41+,44+,47-,48-,49-/m0/s1. The van der Waals surface area contributed by atoms with Crippen LogP contribution in [-0.2, 0) is 27.4 Å². The third-order valence-electron chi connectivity index (χ3n) is 14.1. The second-order valence-electron chi connectivity index (χ2n) is 18.3. The van der Waals surface area contributed by atoms with Crippen molar-refractivity contribution in [3.05, 3.63) is 105 Å². The molecule has 4 aliphatic heterocycles. The molecule has 0 radical (unpaired) electrons. The van der Waals surface area contributed by atoms with Gasteiger partial charge in [0.05, 0.1) is 23.7 Å². The first-order valence-electron chi connectivity index (χ1n) is 22.4. The summed E-state index contributed by atoms with van der Waals surface area (Å²) < 4.78 is 14.0. The van der Waals surface area contributed by atoms with E-state index in [9.17, 15) is 45.3 Å². The molecule has 4 aromatic rings. The highest BCUT2D eigenvalue weighted by molar-refractivity contribution is 5.97. The highest BCUT2D eigenvalue weighted by Crippen LogP contribution is 2.54. The van der Waals surface area contributed by atoms with Crippen molar-refractivity contribution >= 4 is 39.6 Å². The number of aliphatic imine (C=N–C) groups is 1. The quantitative estimate of drug-likeness (QED) is 0.0472. The largest absolute Gasteiger partial charge is 0.508 e. The van der Waals surface area contributed by atoms with Crippen LogP contribution in [0.4, 0.5) is 5.69 Å². The highest BCUT2D eigenvalue weighted by Gasteiger charge is 2.56. The molecule has 1 saturated heterocycles. The molecule has 1 fully saturated rings. The van der Waals surface area contributed by atoms with Crippen LogP contribution in [0.5, 0.6) is 17.2 Å². The molecule has 5 aliphatic rings. The molecule has 10 atom stereocenters. The number of aryl methyl sites for hydroxylation is 1. The molecular formula is C49H56N4O13. The SMILES string of the molecule is CCC1C2=CC=NC2=CN1c1c2c(cc3c(=O)cc(C)oc13)C[C@@H](OOC[C@@](O)(Cc1ccc(O)c3ccc(O)cc13)[C@@H](O)[C@H](O)[C@H](O)CO)[C@@]1(C[C@@H]([C@@H]3CNC(=O)C3)C=C[C@@H]1CNC)O2. The van der Waals surface area contributed by atoms with Crippen LogP contribution in [0, 0.1) is 24.7 Å². The molecule has 0 bridgehead atoms. The van der Waals surface area contributed by atoms with Gasteiger partial charge in [-0.15, -0.1) is 0 Å². The van der Waals surface area contributed by atoms with E-state index < -0.39 is 55.3 Å². The topological polar surface area (TPSA) is 256 Å². The van der Waals surface area contributed by atoms with Crippen molar-refractivity contribution in [2.45, 2.75) is 87.6 Å². The Labute approximate surface area is 379 Å². The minimum absolute atomic E-state index is 0.0526. The fourth-order valence-corrected chi connectivity index (χ4v) is 10.6. The normalized spacial score (nSPS) is 26.8. The lowest BCUT2D eigenvalue weighted by Gasteiger charge is -2.51. The van der Waals surface area contributed by atoms with Crippen molar-refractivity contribution in [3.8, 4) is 17.2 Å². The smallest absolute Gasteiger partial charge is 0.220 e. The predicted octanol–water partition coefficient (Wildman–Crippen LogP) is 2.70. The molecule has 9 N–H and O–H groups in total. The number of nitrogens with one attached hydrogen (secondary N) is 2. The number of ether oxygens (including phenoxy) is 1. The van der Waals surface area contributed by atoms with Gasteiger partial charge in [-0.25, -0.2) is 9.78 Å². The number of anilines is 1. The number of carbonyl (C=O) groups excluding carboxylic acids is 1. The second-order valence-corrected chi connectivity index (χ2v) is 18.3. The zero-order chi connectivity index (χ0) is 46.7. The van der Waals surface area contributed by atoms with Gasteiger partial charge in [0.2, 0.25) is 5.91 Å². The van der Waals surface area contributed by atoms with Gasteiger partial charge in [0.1, 0.15) is 65.2 Å². The van der Waals surface area contributed by atoms with Crippen LogP contribution < -0.4 is 25.7 Å². The van der Waals surface area contributed by atoms with Crippen LogP contribution >= 0.6 is 0 Å². The number of phenols is 2. The fraction of sp³-hybridized carbons (Fsp3) is 0.449. The molecule has 3 aromatic carbocycles. The summed E-state index contributed by atoms with van der Waals surface area (Å²) in [6.07, 6.45) is 3.87. The molecule has 66 heavy (non-hydrogen) atoms. The number of aliphatic hydroxyl groups excluding tert-OH is 4. The van der Waals surface area contributed by atoms with Crippen LogP contribution in [0.3, 0.4) is 0 Å². The maximum atomic E-state index is 13.9. The number of hydrogen-bond donors (Lipinski definition) is 9. The van der Waals surface area contributed by atoms with Gasteiger partial charge in [0, 0.05) is 73.3 Å². The number of fused-ring (bicyclic) bond motifs is 4. The summed E-state index contributed by atoms with van der Waals surface area (Å²) in [4.78, 5) is 45.7. The number of nitrogens with zero attached hydrogens (tertiary/aromatic N) is 2. The molecule has 1 aromatic heterocycles. The number of aromatic hydroxyl groups is 2. The second kappa shape index (κ2) is 17.9. The Kier molecular flexibility index (Phi) is 12.3. The highest BCUT2D eigenvalue weighted by atomic mass is 17.2. The zero-order valence-corrected chi connectivity index (χ0v) is 36.9.